The van der Waals surface area contributed by atoms with E-state index in [0.29, 0.717) is 30.4 Å². The lowest BCUT2D eigenvalue weighted by Crippen LogP contribution is -2.24. The predicted molar refractivity (Wildman–Crippen MR) is 112 cm³/mol. The van der Waals surface area contributed by atoms with Crippen LogP contribution >= 0.6 is 11.8 Å². The van der Waals surface area contributed by atoms with E-state index in [0.717, 1.165) is 28.3 Å². The Labute approximate surface area is 169 Å². The number of hydrogen-bond donors (Lipinski definition) is 1. The van der Waals surface area contributed by atoms with Gasteiger partial charge < -0.3 is 19.4 Å². The van der Waals surface area contributed by atoms with E-state index in [1.54, 1.807) is 7.11 Å². The SMILES string of the molecule is CCOc1ccc(CNC(=O)CSc2nc3ccccc3n2CC)cc1OC. The number of methoxy groups -OCH3 is 1. The van der Waals surface area contributed by atoms with E-state index >= 15 is 0 Å². The fourth-order valence-electron chi connectivity index (χ4n) is 2.95. The summed E-state index contributed by atoms with van der Waals surface area (Å²) in [6.07, 6.45) is 0. The van der Waals surface area contributed by atoms with Gasteiger partial charge in [0.25, 0.3) is 0 Å². The van der Waals surface area contributed by atoms with Crippen LogP contribution in [-0.4, -0.2) is 34.9 Å². The van der Waals surface area contributed by atoms with Crippen LogP contribution in [0.15, 0.2) is 47.6 Å². The van der Waals surface area contributed by atoms with Crippen molar-refractivity contribution >= 4 is 28.7 Å². The second-order valence-electron chi connectivity index (χ2n) is 6.11. The molecule has 3 rings (SSSR count). The Morgan fingerprint density at radius 3 is 2.75 bits per heavy atom. The fraction of sp³-hybridized carbons (Fsp3) is 0.333. The predicted octanol–water partition coefficient (Wildman–Crippen LogP) is 3.87. The van der Waals surface area contributed by atoms with Crippen molar-refractivity contribution < 1.29 is 14.3 Å². The number of para-hydroxylation sites is 2. The summed E-state index contributed by atoms with van der Waals surface area (Å²) in [4.78, 5) is 16.9. The molecule has 3 aromatic rings. The summed E-state index contributed by atoms with van der Waals surface area (Å²) < 4.78 is 13.0. The van der Waals surface area contributed by atoms with E-state index < -0.39 is 0 Å². The lowest BCUT2D eigenvalue weighted by Gasteiger charge is -2.11. The molecule has 1 amide bonds. The van der Waals surface area contributed by atoms with Crippen LogP contribution in [0, 0.1) is 0 Å². The Balaban J connectivity index is 1.58. The second kappa shape index (κ2) is 9.50. The molecule has 0 unspecified atom stereocenters. The number of fused-ring (bicyclic) bond motifs is 1. The van der Waals surface area contributed by atoms with Crippen LogP contribution < -0.4 is 14.8 Å². The molecule has 0 aliphatic rings. The van der Waals surface area contributed by atoms with Crippen LogP contribution in [0.5, 0.6) is 11.5 Å². The lowest BCUT2D eigenvalue weighted by atomic mass is 10.2. The zero-order valence-electron chi connectivity index (χ0n) is 16.4. The number of nitrogens with one attached hydrogen (secondary N) is 1. The molecular formula is C21H25N3O3S. The minimum Gasteiger partial charge on any atom is -0.493 e. The highest BCUT2D eigenvalue weighted by molar-refractivity contribution is 7.99. The summed E-state index contributed by atoms with van der Waals surface area (Å²) in [5.74, 6) is 1.65. The van der Waals surface area contributed by atoms with Crippen molar-refractivity contribution in [1.29, 1.82) is 0 Å². The average Bonchev–Trinajstić information content (AvgIpc) is 3.09. The van der Waals surface area contributed by atoms with Crippen LogP contribution in [0.3, 0.4) is 0 Å². The summed E-state index contributed by atoms with van der Waals surface area (Å²) in [5.41, 5.74) is 3.00. The normalized spacial score (nSPS) is 10.8. The number of benzene rings is 2. The summed E-state index contributed by atoms with van der Waals surface area (Å²) in [6.45, 7) is 5.84. The number of imidazole rings is 1. The molecule has 6 nitrogen and oxygen atoms in total. The van der Waals surface area contributed by atoms with Gasteiger partial charge in [0.2, 0.25) is 5.91 Å². The van der Waals surface area contributed by atoms with E-state index in [-0.39, 0.29) is 5.91 Å². The first-order chi connectivity index (χ1) is 13.7. The number of rotatable bonds is 9. The molecule has 0 spiro atoms. The second-order valence-corrected chi connectivity index (χ2v) is 7.05. The third-order valence-corrected chi connectivity index (χ3v) is 5.26. The average molecular weight is 400 g/mol. The van der Waals surface area contributed by atoms with Crippen molar-refractivity contribution in [2.75, 3.05) is 19.5 Å². The van der Waals surface area contributed by atoms with Gasteiger partial charge in [0, 0.05) is 13.1 Å². The molecule has 0 saturated heterocycles. The lowest BCUT2D eigenvalue weighted by molar-refractivity contribution is -0.118. The van der Waals surface area contributed by atoms with Crippen molar-refractivity contribution in [2.45, 2.75) is 32.1 Å². The Kier molecular flexibility index (Phi) is 6.81. The molecule has 28 heavy (non-hydrogen) atoms. The number of aromatic nitrogens is 2. The summed E-state index contributed by atoms with van der Waals surface area (Å²) in [6, 6.07) is 13.7. The first kappa shape index (κ1) is 20.1. The number of nitrogens with zero attached hydrogens (tertiary/aromatic N) is 2. The Hall–Kier alpha value is -2.67. The summed E-state index contributed by atoms with van der Waals surface area (Å²) in [7, 11) is 1.61. The molecule has 0 saturated carbocycles. The minimum absolute atomic E-state index is 0.0347. The third-order valence-electron chi connectivity index (χ3n) is 4.29. The van der Waals surface area contributed by atoms with Crippen LogP contribution in [0.1, 0.15) is 19.4 Å². The third kappa shape index (κ3) is 4.59. The highest BCUT2D eigenvalue weighted by Crippen LogP contribution is 2.28. The van der Waals surface area contributed by atoms with Gasteiger partial charge in [0.05, 0.1) is 30.5 Å². The van der Waals surface area contributed by atoms with Gasteiger partial charge in [-0.15, -0.1) is 0 Å². The monoisotopic (exact) mass is 399 g/mol. The number of amides is 1. The van der Waals surface area contributed by atoms with Crippen molar-refractivity contribution in [3.63, 3.8) is 0 Å². The zero-order chi connectivity index (χ0) is 19.9. The van der Waals surface area contributed by atoms with Gasteiger partial charge in [-0.1, -0.05) is 30.0 Å². The van der Waals surface area contributed by atoms with Crippen LogP contribution in [0.4, 0.5) is 0 Å². The molecule has 1 aromatic heterocycles. The van der Waals surface area contributed by atoms with Gasteiger partial charge >= 0.3 is 0 Å². The molecule has 7 heteroatoms. The van der Waals surface area contributed by atoms with Crippen molar-refractivity contribution in [1.82, 2.24) is 14.9 Å². The van der Waals surface area contributed by atoms with Gasteiger partial charge in [0.15, 0.2) is 16.7 Å². The maximum absolute atomic E-state index is 12.3. The molecule has 0 fully saturated rings. The number of carbonyl (C=O) groups is 1. The smallest absolute Gasteiger partial charge is 0.230 e. The summed E-state index contributed by atoms with van der Waals surface area (Å²) in [5, 5.41) is 3.81. The molecule has 148 valence electrons. The molecule has 1 heterocycles. The number of carbonyl (C=O) groups excluding carboxylic acids is 1. The van der Waals surface area contributed by atoms with E-state index in [4.69, 9.17) is 9.47 Å². The fourth-order valence-corrected chi connectivity index (χ4v) is 3.86. The van der Waals surface area contributed by atoms with E-state index in [1.807, 2.05) is 43.3 Å². The largest absolute Gasteiger partial charge is 0.493 e. The van der Waals surface area contributed by atoms with E-state index in [1.165, 1.54) is 11.8 Å². The molecule has 0 atom stereocenters. The van der Waals surface area contributed by atoms with E-state index in [9.17, 15) is 4.79 Å². The van der Waals surface area contributed by atoms with Crippen LogP contribution in [-0.2, 0) is 17.9 Å². The standard InChI is InChI=1S/C21H25N3O3S/c1-4-24-17-9-7-6-8-16(17)23-21(24)28-14-20(25)22-13-15-10-11-18(27-5-2)19(12-15)26-3/h6-12H,4-5,13-14H2,1-3H3,(H,22,25). The number of ether oxygens (including phenoxy) is 2. The maximum Gasteiger partial charge on any atom is 0.230 e. The first-order valence-electron chi connectivity index (χ1n) is 9.30. The van der Waals surface area contributed by atoms with Gasteiger partial charge in [0.1, 0.15) is 0 Å². The van der Waals surface area contributed by atoms with Gasteiger partial charge in [-0.3, -0.25) is 4.79 Å². The number of hydrogen-bond acceptors (Lipinski definition) is 5. The topological polar surface area (TPSA) is 65.4 Å². The molecule has 0 aliphatic carbocycles. The highest BCUT2D eigenvalue weighted by atomic mass is 32.2. The van der Waals surface area contributed by atoms with E-state index in [2.05, 4.69) is 27.9 Å². The van der Waals surface area contributed by atoms with Gasteiger partial charge in [-0.05, 0) is 43.7 Å². The zero-order valence-corrected chi connectivity index (χ0v) is 17.2. The van der Waals surface area contributed by atoms with Crippen LogP contribution in [0.2, 0.25) is 0 Å². The van der Waals surface area contributed by atoms with Crippen molar-refractivity contribution in [3.8, 4) is 11.5 Å². The first-order valence-corrected chi connectivity index (χ1v) is 10.3. The molecular weight excluding hydrogens is 374 g/mol. The Morgan fingerprint density at radius 1 is 1.18 bits per heavy atom. The van der Waals surface area contributed by atoms with Crippen LogP contribution in [0.25, 0.3) is 11.0 Å². The number of aryl methyl sites for hydroxylation is 1. The number of thioether (sulfide) groups is 1. The molecule has 0 bridgehead atoms. The molecule has 0 radical (unpaired) electrons. The van der Waals surface area contributed by atoms with Gasteiger partial charge in [-0.2, -0.15) is 0 Å². The molecule has 2 aromatic carbocycles. The molecule has 1 N–H and O–H groups in total. The Bertz CT molecular complexity index is 955. The minimum atomic E-state index is -0.0347. The Morgan fingerprint density at radius 2 is 2.00 bits per heavy atom. The quantitative estimate of drug-likeness (QED) is 0.553. The molecule has 0 aliphatic heterocycles. The van der Waals surface area contributed by atoms with Gasteiger partial charge in [-0.25, -0.2) is 4.98 Å². The highest BCUT2D eigenvalue weighted by Gasteiger charge is 2.12. The summed E-state index contributed by atoms with van der Waals surface area (Å²) >= 11 is 1.45. The van der Waals surface area contributed by atoms with Crippen molar-refractivity contribution in [3.05, 3.63) is 48.0 Å². The maximum atomic E-state index is 12.3. The van der Waals surface area contributed by atoms with Crippen molar-refractivity contribution in [2.24, 2.45) is 0 Å².